The Morgan fingerprint density at radius 1 is 1.10 bits per heavy atom. The number of likely N-dealkylation sites (tertiary alicyclic amines) is 1. The molecule has 1 fully saturated rings. The number of piperidine rings is 1. The molecule has 0 spiro atoms. The van der Waals surface area contributed by atoms with Crippen LogP contribution in [0.4, 0.5) is 8.78 Å². The van der Waals surface area contributed by atoms with Gasteiger partial charge in [0.1, 0.15) is 17.5 Å². The third-order valence-electron chi connectivity index (χ3n) is 8.34. The number of nitrogens with one attached hydrogen (secondary N) is 2. The number of aromatic amines is 2. The van der Waals surface area contributed by atoms with E-state index < -0.39 is 11.6 Å². The first kappa shape index (κ1) is 24.9. The third kappa shape index (κ3) is 4.25. The zero-order valence-electron chi connectivity index (χ0n) is 22.5. The summed E-state index contributed by atoms with van der Waals surface area (Å²) in [5, 5.41) is 16.7. The van der Waals surface area contributed by atoms with Gasteiger partial charge < -0.3 is 4.74 Å². The number of nitrogens with zero attached hydrogens (tertiary/aromatic N) is 4. The molecule has 40 heavy (non-hydrogen) atoms. The molecule has 4 aromatic rings. The summed E-state index contributed by atoms with van der Waals surface area (Å²) in [6.45, 7) is 6.16. The molecule has 7 rings (SSSR count). The Labute approximate surface area is 230 Å². The van der Waals surface area contributed by atoms with Crippen molar-refractivity contribution in [3.63, 3.8) is 0 Å². The zero-order valence-corrected chi connectivity index (χ0v) is 22.5. The molecule has 1 saturated heterocycles. The average Bonchev–Trinajstić information content (AvgIpc) is 3.65. The van der Waals surface area contributed by atoms with E-state index in [0.717, 1.165) is 53.8 Å². The van der Waals surface area contributed by atoms with E-state index in [4.69, 9.17) is 14.8 Å². The number of rotatable bonds is 5. The maximum atomic E-state index is 14.2. The molecule has 0 saturated carbocycles. The molecule has 2 aliphatic heterocycles. The lowest BCUT2D eigenvalue weighted by Gasteiger charge is -2.31. The molecule has 2 N–H and O–H groups in total. The van der Waals surface area contributed by atoms with E-state index >= 15 is 0 Å². The van der Waals surface area contributed by atoms with Crippen molar-refractivity contribution in [1.82, 2.24) is 30.3 Å². The minimum Gasteiger partial charge on any atom is -0.472 e. The Kier molecular flexibility index (Phi) is 5.92. The normalized spacial score (nSPS) is 20.6. The van der Waals surface area contributed by atoms with Gasteiger partial charge in [-0.3, -0.25) is 15.1 Å². The standard InChI is InChI=1S/C31H30F2N6O/c1-31(2)14-20-17-40-12-10-21(20)27(31)28-22-13-18(8-9-26(22)35-36-28)29-34-30(38-37-29)19-5-4-11-39(15-19)16-23-24(32)6-3-7-25(23)33/h3,6-10,12-13,17,19H,4-5,11,14-16H2,1-2H3,(H,35,36)(H,34,37,38)/t19-/m1/s1. The molecule has 7 nitrogen and oxygen atoms in total. The van der Waals surface area contributed by atoms with Crippen LogP contribution in [-0.2, 0) is 11.3 Å². The Morgan fingerprint density at radius 3 is 2.80 bits per heavy atom. The van der Waals surface area contributed by atoms with Crippen LogP contribution in [0, 0.1) is 17.0 Å². The van der Waals surface area contributed by atoms with E-state index in [2.05, 4.69) is 40.1 Å². The topological polar surface area (TPSA) is 82.7 Å². The number of H-pyrrole nitrogens is 2. The molecule has 9 heteroatoms. The number of aromatic nitrogens is 5. The molecule has 1 atom stereocenters. The second-order valence-electron chi connectivity index (χ2n) is 11.6. The van der Waals surface area contributed by atoms with Crippen molar-refractivity contribution < 1.29 is 13.5 Å². The molecule has 0 bridgehead atoms. The quantitative estimate of drug-likeness (QED) is 0.297. The van der Waals surface area contributed by atoms with E-state index in [-0.39, 0.29) is 23.4 Å². The summed E-state index contributed by atoms with van der Waals surface area (Å²) in [6, 6.07) is 10.1. The summed E-state index contributed by atoms with van der Waals surface area (Å²) in [7, 11) is 0. The van der Waals surface area contributed by atoms with Gasteiger partial charge in [0.15, 0.2) is 5.82 Å². The highest BCUT2D eigenvalue weighted by Gasteiger charge is 2.38. The van der Waals surface area contributed by atoms with Gasteiger partial charge >= 0.3 is 0 Å². The zero-order chi connectivity index (χ0) is 27.4. The average molecular weight is 541 g/mol. The first-order chi connectivity index (χ1) is 19.4. The van der Waals surface area contributed by atoms with E-state index in [1.165, 1.54) is 34.9 Å². The van der Waals surface area contributed by atoms with Crippen LogP contribution < -0.4 is 0 Å². The van der Waals surface area contributed by atoms with E-state index in [1.54, 1.807) is 6.26 Å². The number of hydrogen-bond donors (Lipinski definition) is 2. The highest BCUT2D eigenvalue weighted by molar-refractivity contribution is 5.96. The second kappa shape index (κ2) is 9.52. The largest absolute Gasteiger partial charge is 0.472 e. The molecule has 2 aromatic heterocycles. The summed E-state index contributed by atoms with van der Waals surface area (Å²) in [4.78, 5) is 6.96. The van der Waals surface area contributed by atoms with E-state index in [1.807, 2.05) is 24.5 Å². The predicted molar refractivity (Wildman–Crippen MR) is 149 cm³/mol. The molecule has 0 unspecified atom stereocenters. The van der Waals surface area contributed by atoms with Crippen LogP contribution in [0.15, 0.2) is 66.1 Å². The van der Waals surface area contributed by atoms with Gasteiger partial charge in [0, 0.05) is 35.5 Å². The molecule has 2 aromatic carbocycles. The van der Waals surface area contributed by atoms with E-state index in [9.17, 15) is 8.78 Å². The van der Waals surface area contributed by atoms with Crippen LogP contribution in [0.1, 0.15) is 56.1 Å². The van der Waals surface area contributed by atoms with Crippen molar-refractivity contribution in [2.75, 3.05) is 13.1 Å². The summed E-state index contributed by atoms with van der Waals surface area (Å²) in [5.74, 6) is 0.516. The number of halogens is 2. The van der Waals surface area contributed by atoms with Gasteiger partial charge in [0.2, 0.25) is 0 Å². The number of ether oxygens (including phenoxy) is 1. The molecular formula is C31H30F2N6O. The number of hydrogen-bond acceptors (Lipinski definition) is 5. The number of allylic oxidation sites excluding steroid dienone is 4. The lowest BCUT2D eigenvalue weighted by Crippen LogP contribution is -2.34. The predicted octanol–water partition coefficient (Wildman–Crippen LogP) is 6.62. The van der Waals surface area contributed by atoms with Crippen molar-refractivity contribution in [3.8, 4) is 11.4 Å². The molecule has 3 aliphatic rings. The van der Waals surface area contributed by atoms with Crippen molar-refractivity contribution >= 4 is 16.5 Å². The fraction of sp³-hybridized carbons (Fsp3) is 0.323. The fourth-order valence-corrected chi connectivity index (χ4v) is 6.42. The van der Waals surface area contributed by atoms with Gasteiger partial charge in [-0.25, -0.2) is 13.8 Å². The van der Waals surface area contributed by atoms with Crippen LogP contribution in [0.3, 0.4) is 0 Å². The maximum absolute atomic E-state index is 14.2. The SMILES string of the molecule is CC1(C)CC2=COC=CC2=C1c1n[nH]c2ccc(-c3n[nH]c([C@@H]4CCCN(Cc5c(F)cccc5F)C4)n3)cc12. The molecule has 1 aliphatic carbocycles. The third-order valence-corrected chi connectivity index (χ3v) is 8.34. The van der Waals surface area contributed by atoms with E-state index in [0.29, 0.717) is 12.4 Å². The van der Waals surface area contributed by atoms with Crippen LogP contribution in [0.2, 0.25) is 0 Å². The molecule has 0 radical (unpaired) electrons. The smallest absolute Gasteiger partial charge is 0.181 e. The van der Waals surface area contributed by atoms with Crippen molar-refractivity contribution in [2.45, 2.75) is 45.6 Å². The Bertz CT molecular complexity index is 1690. The van der Waals surface area contributed by atoms with Gasteiger partial charge in [-0.2, -0.15) is 10.2 Å². The van der Waals surface area contributed by atoms with Crippen molar-refractivity contribution in [3.05, 3.63) is 94.9 Å². The van der Waals surface area contributed by atoms with Gasteiger partial charge in [0.25, 0.3) is 0 Å². The van der Waals surface area contributed by atoms with Gasteiger partial charge in [-0.05, 0) is 84.3 Å². The van der Waals surface area contributed by atoms with Gasteiger partial charge in [-0.1, -0.05) is 19.9 Å². The maximum Gasteiger partial charge on any atom is 0.181 e. The molecule has 4 heterocycles. The molecular weight excluding hydrogens is 510 g/mol. The van der Waals surface area contributed by atoms with Crippen molar-refractivity contribution in [1.29, 1.82) is 0 Å². The molecule has 0 amide bonds. The Hall–Kier alpha value is -4.11. The summed E-state index contributed by atoms with van der Waals surface area (Å²) in [5.41, 5.74) is 6.38. The fourth-order valence-electron chi connectivity index (χ4n) is 6.42. The Morgan fingerprint density at radius 2 is 1.95 bits per heavy atom. The summed E-state index contributed by atoms with van der Waals surface area (Å²) < 4.78 is 33.9. The van der Waals surface area contributed by atoms with Crippen molar-refractivity contribution in [2.24, 2.45) is 5.41 Å². The highest BCUT2D eigenvalue weighted by Crippen LogP contribution is 2.52. The van der Waals surface area contributed by atoms with Gasteiger partial charge in [0.05, 0.1) is 23.7 Å². The lowest BCUT2D eigenvalue weighted by molar-refractivity contribution is 0.192. The summed E-state index contributed by atoms with van der Waals surface area (Å²) >= 11 is 0. The second-order valence-corrected chi connectivity index (χ2v) is 11.6. The first-order valence-electron chi connectivity index (χ1n) is 13.7. The number of fused-ring (bicyclic) bond motifs is 2. The van der Waals surface area contributed by atoms with Gasteiger partial charge in [-0.15, -0.1) is 0 Å². The minimum atomic E-state index is -0.504. The Balaban J connectivity index is 1.17. The highest BCUT2D eigenvalue weighted by atomic mass is 19.1. The minimum absolute atomic E-state index is 0.0898. The number of benzene rings is 2. The van der Waals surface area contributed by atoms with Crippen LogP contribution in [0.25, 0.3) is 27.9 Å². The first-order valence-corrected chi connectivity index (χ1v) is 13.7. The summed E-state index contributed by atoms with van der Waals surface area (Å²) in [6.07, 6.45) is 8.33. The molecule has 204 valence electrons. The van der Waals surface area contributed by atoms with Crippen LogP contribution in [0.5, 0.6) is 0 Å². The van der Waals surface area contributed by atoms with Crippen LogP contribution >= 0.6 is 0 Å². The monoisotopic (exact) mass is 540 g/mol. The van der Waals surface area contributed by atoms with Crippen LogP contribution in [-0.4, -0.2) is 43.4 Å². The lowest BCUT2D eigenvalue weighted by atomic mass is 9.82.